The van der Waals surface area contributed by atoms with Crippen molar-refractivity contribution in [2.24, 2.45) is 5.73 Å². The summed E-state index contributed by atoms with van der Waals surface area (Å²) in [5.74, 6) is 0.626. The van der Waals surface area contributed by atoms with Gasteiger partial charge in [0.15, 0.2) is 0 Å². The third-order valence-corrected chi connectivity index (χ3v) is 1.90. The summed E-state index contributed by atoms with van der Waals surface area (Å²) >= 11 is 0. The van der Waals surface area contributed by atoms with Crippen LogP contribution in [-0.4, -0.2) is 4.98 Å². The third kappa shape index (κ3) is 1.46. The fourth-order valence-corrected chi connectivity index (χ4v) is 1.26. The van der Waals surface area contributed by atoms with Crippen molar-refractivity contribution >= 4 is 0 Å². The minimum atomic E-state index is 0.499. The number of hydrogen-bond acceptors (Lipinski definition) is 3. The van der Waals surface area contributed by atoms with Crippen LogP contribution in [0.4, 0.5) is 0 Å². The second-order valence-electron chi connectivity index (χ2n) is 2.70. The predicted molar refractivity (Wildman–Crippen MR) is 49.8 cm³/mol. The highest BCUT2D eigenvalue weighted by Gasteiger charge is 2.05. The molecule has 2 rings (SSSR count). The Morgan fingerprint density at radius 3 is 2.85 bits per heavy atom. The third-order valence-electron chi connectivity index (χ3n) is 1.90. The van der Waals surface area contributed by atoms with Gasteiger partial charge in [-0.1, -0.05) is 18.2 Å². The van der Waals surface area contributed by atoms with Crippen LogP contribution in [-0.2, 0) is 6.54 Å². The number of aromatic nitrogens is 1. The van der Waals surface area contributed by atoms with Gasteiger partial charge in [-0.05, 0) is 11.6 Å². The summed E-state index contributed by atoms with van der Waals surface area (Å²) in [5.41, 5.74) is 7.60. The summed E-state index contributed by atoms with van der Waals surface area (Å²) in [6.07, 6.45) is 3.19. The average Bonchev–Trinajstić information content (AvgIpc) is 2.70. The Morgan fingerprint density at radius 1 is 1.31 bits per heavy atom. The molecule has 3 heteroatoms. The van der Waals surface area contributed by atoms with Crippen molar-refractivity contribution in [2.75, 3.05) is 0 Å². The quantitative estimate of drug-likeness (QED) is 0.755. The van der Waals surface area contributed by atoms with Crippen molar-refractivity contribution in [3.63, 3.8) is 0 Å². The van der Waals surface area contributed by atoms with Crippen LogP contribution >= 0.6 is 0 Å². The van der Waals surface area contributed by atoms with Crippen LogP contribution in [0.2, 0.25) is 0 Å². The van der Waals surface area contributed by atoms with Gasteiger partial charge >= 0.3 is 0 Å². The van der Waals surface area contributed by atoms with Crippen molar-refractivity contribution in [3.05, 3.63) is 42.3 Å². The van der Waals surface area contributed by atoms with Gasteiger partial charge in [0.2, 0.25) is 5.89 Å². The van der Waals surface area contributed by atoms with Crippen LogP contribution < -0.4 is 5.73 Å². The van der Waals surface area contributed by atoms with Gasteiger partial charge < -0.3 is 10.2 Å². The molecule has 0 fully saturated rings. The minimum Gasteiger partial charge on any atom is -0.445 e. The van der Waals surface area contributed by atoms with Crippen LogP contribution in [0.25, 0.3) is 11.5 Å². The predicted octanol–water partition coefficient (Wildman–Crippen LogP) is 1.80. The van der Waals surface area contributed by atoms with E-state index in [2.05, 4.69) is 4.98 Å². The molecule has 0 amide bonds. The fraction of sp³-hybridized carbons (Fsp3) is 0.100. The number of oxazole rings is 1. The van der Waals surface area contributed by atoms with Gasteiger partial charge in [0, 0.05) is 12.1 Å². The maximum atomic E-state index is 5.59. The van der Waals surface area contributed by atoms with Gasteiger partial charge in [-0.3, -0.25) is 0 Å². The molecule has 3 nitrogen and oxygen atoms in total. The smallest absolute Gasteiger partial charge is 0.226 e. The Labute approximate surface area is 76.2 Å². The largest absolute Gasteiger partial charge is 0.445 e. The van der Waals surface area contributed by atoms with Gasteiger partial charge in [-0.25, -0.2) is 4.98 Å². The van der Waals surface area contributed by atoms with Crippen molar-refractivity contribution in [2.45, 2.75) is 6.54 Å². The van der Waals surface area contributed by atoms with E-state index in [1.165, 1.54) is 0 Å². The molecule has 13 heavy (non-hydrogen) atoms. The number of nitrogens with zero attached hydrogens (tertiary/aromatic N) is 1. The van der Waals surface area contributed by atoms with Crippen LogP contribution in [0.5, 0.6) is 0 Å². The molecule has 0 aliphatic heterocycles. The summed E-state index contributed by atoms with van der Waals surface area (Å²) in [6, 6.07) is 7.82. The van der Waals surface area contributed by atoms with E-state index in [-0.39, 0.29) is 0 Å². The van der Waals surface area contributed by atoms with E-state index in [9.17, 15) is 0 Å². The standard InChI is InChI=1S/C10H10N2O/c11-7-8-3-1-2-4-9(8)10-12-5-6-13-10/h1-6H,7,11H2. The van der Waals surface area contributed by atoms with E-state index >= 15 is 0 Å². The number of nitrogens with two attached hydrogens (primary N) is 1. The molecule has 0 aliphatic carbocycles. The van der Waals surface area contributed by atoms with E-state index in [4.69, 9.17) is 10.2 Å². The lowest BCUT2D eigenvalue weighted by atomic mass is 10.1. The van der Waals surface area contributed by atoms with Gasteiger partial charge in [-0.2, -0.15) is 0 Å². The van der Waals surface area contributed by atoms with E-state index in [1.807, 2.05) is 24.3 Å². The Morgan fingerprint density at radius 2 is 2.15 bits per heavy atom. The summed E-state index contributed by atoms with van der Waals surface area (Å²) in [7, 11) is 0. The summed E-state index contributed by atoms with van der Waals surface area (Å²) < 4.78 is 5.20. The first-order valence-corrected chi connectivity index (χ1v) is 4.09. The summed E-state index contributed by atoms with van der Waals surface area (Å²) in [6.45, 7) is 0.499. The maximum Gasteiger partial charge on any atom is 0.226 e. The molecular formula is C10H10N2O. The number of hydrogen-bond donors (Lipinski definition) is 1. The zero-order chi connectivity index (χ0) is 9.10. The zero-order valence-electron chi connectivity index (χ0n) is 7.10. The molecule has 2 N–H and O–H groups in total. The highest BCUT2D eigenvalue weighted by atomic mass is 16.3. The molecule has 0 saturated carbocycles. The molecule has 0 bridgehead atoms. The Kier molecular flexibility index (Phi) is 2.10. The topological polar surface area (TPSA) is 52.0 Å². The fourth-order valence-electron chi connectivity index (χ4n) is 1.26. The van der Waals surface area contributed by atoms with Crippen LogP contribution in [0, 0.1) is 0 Å². The SMILES string of the molecule is NCc1ccccc1-c1ncco1. The highest BCUT2D eigenvalue weighted by molar-refractivity contribution is 5.58. The minimum absolute atomic E-state index is 0.499. The second kappa shape index (κ2) is 3.41. The Hall–Kier alpha value is -1.61. The summed E-state index contributed by atoms with van der Waals surface area (Å²) in [5, 5.41) is 0. The first-order valence-electron chi connectivity index (χ1n) is 4.09. The van der Waals surface area contributed by atoms with Crippen molar-refractivity contribution in [3.8, 4) is 11.5 Å². The zero-order valence-corrected chi connectivity index (χ0v) is 7.10. The molecule has 0 radical (unpaired) electrons. The van der Waals surface area contributed by atoms with Gasteiger partial charge in [0.1, 0.15) is 6.26 Å². The Balaban J connectivity index is 2.51. The van der Waals surface area contributed by atoms with Crippen molar-refractivity contribution in [1.29, 1.82) is 0 Å². The lowest BCUT2D eigenvalue weighted by Crippen LogP contribution is -1.98. The molecule has 66 valence electrons. The lowest BCUT2D eigenvalue weighted by molar-refractivity contribution is 0.573. The Bertz CT molecular complexity index is 382. The molecule has 0 unspecified atom stereocenters. The van der Waals surface area contributed by atoms with Crippen molar-refractivity contribution < 1.29 is 4.42 Å². The molecule has 0 atom stereocenters. The molecule has 0 saturated heterocycles. The van der Waals surface area contributed by atoms with Gasteiger partial charge in [0.25, 0.3) is 0 Å². The highest BCUT2D eigenvalue weighted by Crippen LogP contribution is 2.20. The van der Waals surface area contributed by atoms with Gasteiger partial charge in [-0.15, -0.1) is 0 Å². The molecule has 1 aromatic heterocycles. The number of benzene rings is 1. The van der Waals surface area contributed by atoms with E-state index in [0.29, 0.717) is 12.4 Å². The monoisotopic (exact) mass is 174 g/mol. The molecule has 1 heterocycles. The maximum absolute atomic E-state index is 5.59. The molecular weight excluding hydrogens is 164 g/mol. The van der Waals surface area contributed by atoms with Gasteiger partial charge in [0.05, 0.1) is 6.20 Å². The molecule has 0 aliphatic rings. The van der Waals surface area contributed by atoms with Crippen LogP contribution in [0.3, 0.4) is 0 Å². The molecule has 1 aromatic carbocycles. The van der Waals surface area contributed by atoms with Crippen molar-refractivity contribution in [1.82, 2.24) is 4.98 Å². The van der Waals surface area contributed by atoms with E-state index in [0.717, 1.165) is 11.1 Å². The number of rotatable bonds is 2. The van der Waals surface area contributed by atoms with Crippen LogP contribution in [0.15, 0.2) is 41.1 Å². The van der Waals surface area contributed by atoms with E-state index in [1.54, 1.807) is 12.5 Å². The summed E-state index contributed by atoms with van der Waals surface area (Å²) in [4.78, 5) is 4.07. The van der Waals surface area contributed by atoms with E-state index < -0.39 is 0 Å². The first kappa shape index (κ1) is 8.01. The average molecular weight is 174 g/mol. The normalized spacial score (nSPS) is 10.2. The van der Waals surface area contributed by atoms with Crippen LogP contribution in [0.1, 0.15) is 5.56 Å². The second-order valence-corrected chi connectivity index (χ2v) is 2.70. The molecule has 2 aromatic rings. The lowest BCUT2D eigenvalue weighted by Gasteiger charge is -2.01. The first-order chi connectivity index (χ1) is 6.42. The molecule has 0 spiro atoms.